The number of phosphoric ester groups is 1. The van der Waals surface area contributed by atoms with Gasteiger partial charge < -0.3 is 30.3 Å². The fourth-order valence-corrected chi connectivity index (χ4v) is 6.84. The molecule has 0 radical (unpaired) electrons. The Morgan fingerprint density at radius 1 is 0.593 bits per heavy atom. The van der Waals surface area contributed by atoms with Crippen LogP contribution in [0.2, 0.25) is 0 Å². The highest BCUT2D eigenvalue weighted by Gasteiger charge is 2.26. The molecule has 1 unspecified atom stereocenters. The van der Waals surface area contributed by atoms with Crippen LogP contribution in [0.15, 0.2) is 60.8 Å². The van der Waals surface area contributed by atoms with E-state index in [1.54, 1.807) is 18.2 Å². The van der Waals surface area contributed by atoms with Gasteiger partial charge in [0.15, 0.2) is 6.10 Å². The SMILES string of the molecule is CCCCCCCC/C=C\CCCCCCCCCCCC(=O)OC[C@H](COP(=O)(O)OCCN)OC(=O)CCC[C@H](O)/C=C/C=C\C/C=C\C=C\[C@H](O)CCCCC. The van der Waals surface area contributed by atoms with E-state index in [9.17, 15) is 29.3 Å². The van der Waals surface area contributed by atoms with Gasteiger partial charge in [-0.3, -0.25) is 18.6 Å². The van der Waals surface area contributed by atoms with E-state index < -0.39 is 44.7 Å². The van der Waals surface area contributed by atoms with Crippen LogP contribution in [0.4, 0.5) is 0 Å². The number of aliphatic hydroxyl groups is 2. The summed E-state index contributed by atoms with van der Waals surface area (Å²) in [5, 5.41) is 20.2. The van der Waals surface area contributed by atoms with Crippen molar-refractivity contribution in [2.45, 2.75) is 199 Å². The van der Waals surface area contributed by atoms with Gasteiger partial charge in [-0.1, -0.05) is 171 Å². The third-order valence-electron chi connectivity index (χ3n) is 9.58. The molecular weight excluding hydrogens is 769 g/mol. The van der Waals surface area contributed by atoms with Crippen LogP contribution in [0.1, 0.15) is 181 Å². The average Bonchev–Trinajstić information content (AvgIpc) is 3.21. The first-order chi connectivity index (χ1) is 28.6. The first kappa shape index (κ1) is 56.6. The Bertz CT molecular complexity index is 1190. The molecule has 0 rings (SSSR count). The van der Waals surface area contributed by atoms with Crippen molar-refractivity contribution in [2.24, 2.45) is 5.73 Å². The molecule has 0 aromatic heterocycles. The number of phosphoric acid groups is 1. The lowest BCUT2D eigenvalue weighted by atomic mass is 10.1. The fraction of sp³-hybridized carbons (Fsp3) is 0.745. The molecule has 0 bridgehead atoms. The minimum absolute atomic E-state index is 0.0136. The van der Waals surface area contributed by atoms with E-state index in [4.69, 9.17) is 24.3 Å². The van der Waals surface area contributed by atoms with Crippen LogP contribution in [0.3, 0.4) is 0 Å². The molecule has 0 aliphatic rings. The maximum Gasteiger partial charge on any atom is 0.472 e. The molecule has 0 aliphatic carbocycles. The zero-order valence-corrected chi connectivity index (χ0v) is 37.8. The quantitative estimate of drug-likeness (QED) is 0.0151. The summed E-state index contributed by atoms with van der Waals surface area (Å²) in [6.07, 6.45) is 43.2. The molecule has 0 aromatic rings. The summed E-state index contributed by atoms with van der Waals surface area (Å²) in [6.45, 7) is 3.36. The topological polar surface area (TPSA) is 175 Å². The summed E-state index contributed by atoms with van der Waals surface area (Å²) in [7, 11) is -4.45. The Hall–Kier alpha value is -2.37. The number of carbonyl (C=O) groups is 2. The number of nitrogens with two attached hydrogens (primary N) is 1. The van der Waals surface area contributed by atoms with Crippen molar-refractivity contribution in [2.75, 3.05) is 26.4 Å². The Kier molecular flexibility index (Phi) is 40.6. The van der Waals surface area contributed by atoms with Crippen molar-refractivity contribution >= 4 is 19.8 Å². The normalized spacial score (nSPS) is 14.9. The minimum Gasteiger partial charge on any atom is -0.462 e. The Morgan fingerprint density at radius 3 is 1.64 bits per heavy atom. The molecular formula is C47H84NO10P. The van der Waals surface area contributed by atoms with E-state index in [0.717, 1.165) is 44.9 Å². The first-order valence-electron chi connectivity index (χ1n) is 23.0. The zero-order chi connectivity index (χ0) is 43.5. The van der Waals surface area contributed by atoms with Crippen molar-refractivity contribution in [3.63, 3.8) is 0 Å². The highest BCUT2D eigenvalue weighted by molar-refractivity contribution is 7.47. The fourth-order valence-electron chi connectivity index (χ4n) is 6.08. The van der Waals surface area contributed by atoms with Gasteiger partial charge in [0.05, 0.1) is 25.4 Å². The van der Waals surface area contributed by atoms with Crippen LogP contribution in [0.25, 0.3) is 0 Å². The molecule has 0 aromatic carbocycles. The second-order valence-corrected chi connectivity index (χ2v) is 16.8. The van der Waals surface area contributed by atoms with Gasteiger partial charge in [-0.15, -0.1) is 0 Å². The van der Waals surface area contributed by atoms with Gasteiger partial charge in [0.2, 0.25) is 0 Å². The zero-order valence-electron chi connectivity index (χ0n) is 36.9. The number of carbonyl (C=O) groups excluding carboxylic acids is 2. The van der Waals surface area contributed by atoms with Crippen LogP contribution < -0.4 is 5.73 Å². The monoisotopic (exact) mass is 854 g/mol. The maximum atomic E-state index is 12.6. The van der Waals surface area contributed by atoms with Crippen LogP contribution in [-0.2, 0) is 32.7 Å². The third-order valence-corrected chi connectivity index (χ3v) is 10.6. The van der Waals surface area contributed by atoms with Gasteiger partial charge in [-0.2, -0.15) is 0 Å². The highest BCUT2D eigenvalue weighted by atomic mass is 31.2. The summed E-state index contributed by atoms with van der Waals surface area (Å²) in [5.74, 6) is -1.06. The predicted molar refractivity (Wildman–Crippen MR) is 241 cm³/mol. The predicted octanol–water partition coefficient (Wildman–Crippen LogP) is 11.2. The van der Waals surface area contributed by atoms with Gasteiger partial charge >= 0.3 is 19.8 Å². The van der Waals surface area contributed by atoms with E-state index in [1.165, 1.54) is 83.5 Å². The Balaban J connectivity index is 4.34. The second-order valence-electron chi connectivity index (χ2n) is 15.3. The van der Waals surface area contributed by atoms with Crippen molar-refractivity contribution in [1.82, 2.24) is 0 Å². The van der Waals surface area contributed by atoms with Crippen molar-refractivity contribution in [3.05, 3.63) is 60.8 Å². The lowest BCUT2D eigenvalue weighted by molar-refractivity contribution is -0.161. The molecule has 12 heteroatoms. The summed E-state index contributed by atoms with van der Waals surface area (Å²) in [5.41, 5.74) is 5.34. The molecule has 0 saturated carbocycles. The van der Waals surface area contributed by atoms with Gasteiger partial charge in [0.25, 0.3) is 0 Å². The summed E-state index contributed by atoms with van der Waals surface area (Å²) in [4.78, 5) is 34.9. The molecule has 0 amide bonds. The first-order valence-corrected chi connectivity index (χ1v) is 24.5. The third kappa shape index (κ3) is 42.1. The summed E-state index contributed by atoms with van der Waals surface area (Å²) in [6, 6.07) is 0. The molecule has 342 valence electrons. The number of allylic oxidation sites excluding steroid dienone is 8. The molecule has 0 aliphatic heterocycles. The van der Waals surface area contributed by atoms with Crippen molar-refractivity contribution in [3.8, 4) is 0 Å². The van der Waals surface area contributed by atoms with Crippen LogP contribution in [-0.4, -0.2) is 71.7 Å². The molecule has 4 atom stereocenters. The molecule has 0 heterocycles. The van der Waals surface area contributed by atoms with Crippen LogP contribution in [0, 0.1) is 0 Å². The van der Waals surface area contributed by atoms with E-state index in [0.29, 0.717) is 25.7 Å². The van der Waals surface area contributed by atoms with E-state index >= 15 is 0 Å². The maximum absolute atomic E-state index is 12.6. The number of rotatable bonds is 42. The summed E-state index contributed by atoms with van der Waals surface area (Å²) >= 11 is 0. The highest BCUT2D eigenvalue weighted by Crippen LogP contribution is 2.43. The van der Waals surface area contributed by atoms with Crippen LogP contribution in [0.5, 0.6) is 0 Å². The van der Waals surface area contributed by atoms with Gasteiger partial charge in [0.1, 0.15) is 6.61 Å². The standard InChI is InChI=1S/C47H84NO10P/c1-3-5-7-8-9-10-11-12-13-14-15-16-17-18-19-20-24-27-31-37-46(51)55-41-45(42-57-59(53,54)56-40-39-48)58-47(52)38-32-36-44(50)35-30-26-23-21-22-25-29-34-43(49)33-28-6-4-2/h12-13,22-23,25-26,29-30,34-35,43-45,49-50H,3-11,14-21,24,27-28,31-33,36-42,48H2,1-2H3,(H,53,54)/b13-12-,25-22-,26-23-,34-29+,35-30+/t43-,44-,45-/m1/s1. The Labute approximate surface area is 358 Å². The lowest BCUT2D eigenvalue weighted by Gasteiger charge is -2.20. The number of unbranched alkanes of at least 4 members (excludes halogenated alkanes) is 17. The van der Waals surface area contributed by atoms with Crippen molar-refractivity contribution < 1.29 is 47.8 Å². The smallest absolute Gasteiger partial charge is 0.462 e. The molecule has 11 nitrogen and oxygen atoms in total. The molecule has 0 saturated heterocycles. The molecule has 59 heavy (non-hydrogen) atoms. The van der Waals surface area contributed by atoms with E-state index in [2.05, 4.69) is 26.0 Å². The van der Waals surface area contributed by atoms with E-state index in [-0.39, 0.29) is 32.6 Å². The molecule has 0 fully saturated rings. The minimum atomic E-state index is -4.45. The van der Waals surface area contributed by atoms with Crippen molar-refractivity contribution in [1.29, 1.82) is 0 Å². The Morgan fingerprint density at radius 2 is 1.08 bits per heavy atom. The van der Waals surface area contributed by atoms with Gasteiger partial charge in [-0.25, -0.2) is 4.57 Å². The number of hydrogen-bond acceptors (Lipinski definition) is 10. The van der Waals surface area contributed by atoms with E-state index in [1.807, 2.05) is 30.4 Å². The van der Waals surface area contributed by atoms with Crippen LogP contribution >= 0.6 is 7.82 Å². The number of ether oxygens (including phenoxy) is 2. The number of esters is 2. The summed E-state index contributed by atoms with van der Waals surface area (Å²) < 4.78 is 32.6. The largest absolute Gasteiger partial charge is 0.472 e. The van der Waals surface area contributed by atoms with Gasteiger partial charge in [0, 0.05) is 19.4 Å². The molecule has 0 spiro atoms. The molecule has 5 N–H and O–H groups in total. The number of aliphatic hydroxyl groups excluding tert-OH is 2. The average molecular weight is 854 g/mol. The lowest BCUT2D eigenvalue weighted by Crippen LogP contribution is -2.29. The number of hydrogen-bond donors (Lipinski definition) is 4. The second kappa shape index (κ2) is 42.3. The van der Waals surface area contributed by atoms with Gasteiger partial charge in [-0.05, 0) is 57.8 Å².